The zero-order valence-corrected chi connectivity index (χ0v) is 19.5. The van der Waals surface area contributed by atoms with Crippen LogP contribution >= 0.6 is 11.3 Å². The van der Waals surface area contributed by atoms with Gasteiger partial charge in [0.1, 0.15) is 0 Å². The first-order valence-electron chi connectivity index (χ1n) is 10.7. The number of hydrogen-bond acceptors (Lipinski definition) is 5. The van der Waals surface area contributed by atoms with Gasteiger partial charge in [-0.25, -0.2) is 4.79 Å². The van der Waals surface area contributed by atoms with Gasteiger partial charge in [0.05, 0.1) is 11.0 Å². The second kappa shape index (κ2) is 10.6. The Kier molecular flexibility index (Phi) is 7.92. The fraction of sp³-hybridized carbons (Fsp3) is 0.478. The van der Waals surface area contributed by atoms with Crippen molar-refractivity contribution in [1.82, 2.24) is 10.2 Å². The van der Waals surface area contributed by atoms with E-state index in [1.807, 2.05) is 73.5 Å². The van der Waals surface area contributed by atoms with Gasteiger partial charge >= 0.3 is 6.03 Å². The van der Waals surface area contributed by atoms with E-state index in [1.54, 1.807) is 0 Å². The maximum Gasteiger partial charge on any atom is 0.319 e. The Morgan fingerprint density at radius 2 is 2.06 bits per heavy atom. The second-order valence-corrected chi connectivity index (χ2v) is 9.24. The molecule has 1 aliphatic rings. The van der Waals surface area contributed by atoms with Gasteiger partial charge in [-0.05, 0) is 61.9 Å². The molecule has 1 aromatic carbocycles. The van der Waals surface area contributed by atoms with Crippen molar-refractivity contribution < 1.29 is 14.3 Å². The predicted molar refractivity (Wildman–Crippen MR) is 126 cm³/mol. The van der Waals surface area contributed by atoms with Gasteiger partial charge in [0.25, 0.3) is 5.91 Å². The Morgan fingerprint density at radius 3 is 2.68 bits per heavy atom. The molecule has 7 nitrogen and oxygen atoms in total. The molecule has 1 unspecified atom stereocenters. The fourth-order valence-corrected chi connectivity index (χ4v) is 4.36. The van der Waals surface area contributed by atoms with Crippen LogP contribution in [0.25, 0.3) is 0 Å². The van der Waals surface area contributed by atoms with Crippen molar-refractivity contribution in [2.45, 2.75) is 45.4 Å². The van der Waals surface area contributed by atoms with Gasteiger partial charge in [-0.15, -0.1) is 11.3 Å². The monoisotopic (exact) mass is 444 g/mol. The smallest absolute Gasteiger partial charge is 0.319 e. The average Bonchev–Trinajstić information content (AvgIpc) is 3.40. The highest BCUT2D eigenvalue weighted by atomic mass is 32.1. The van der Waals surface area contributed by atoms with Crippen LogP contribution in [0.2, 0.25) is 0 Å². The number of rotatable bonds is 8. The number of ether oxygens (including phenoxy) is 1. The van der Waals surface area contributed by atoms with E-state index in [0.29, 0.717) is 18.8 Å². The molecule has 31 heavy (non-hydrogen) atoms. The molecule has 0 aliphatic carbocycles. The van der Waals surface area contributed by atoms with Crippen LogP contribution in [0.4, 0.5) is 16.2 Å². The van der Waals surface area contributed by atoms with E-state index in [1.165, 1.54) is 11.3 Å². The molecule has 2 aromatic rings. The van der Waals surface area contributed by atoms with Crippen molar-refractivity contribution in [3.8, 4) is 0 Å². The molecule has 1 aliphatic heterocycles. The Hall–Kier alpha value is -2.58. The number of anilines is 2. The molecule has 0 saturated carbocycles. The van der Waals surface area contributed by atoms with Crippen molar-refractivity contribution in [2.75, 3.05) is 37.5 Å². The topological polar surface area (TPSA) is 73.9 Å². The van der Waals surface area contributed by atoms with Crippen LogP contribution < -0.4 is 15.5 Å². The number of thiophene rings is 1. The Bertz CT molecular complexity index is 877. The molecule has 2 N–H and O–H groups in total. The van der Waals surface area contributed by atoms with Gasteiger partial charge in [-0.2, -0.15) is 0 Å². The molecule has 1 atom stereocenters. The number of carbonyl (C=O) groups excluding carboxylic acids is 2. The summed E-state index contributed by atoms with van der Waals surface area (Å²) in [5.74, 6) is 0.00567. The van der Waals surface area contributed by atoms with Crippen LogP contribution in [-0.2, 0) is 11.3 Å². The van der Waals surface area contributed by atoms with E-state index in [4.69, 9.17) is 4.74 Å². The van der Waals surface area contributed by atoms with E-state index in [2.05, 4.69) is 10.6 Å². The van der Waals surface area contributed by atoms with Gasteiger partial charge in [0.15, 0.2) is 0 Å². The third kappa shape index (κ3) is 6.45. The zero-order chi connectivity index (χ0) is 22.4. The van der Waals surface area contributed by atoms with Crippen molar-refractivity contribution in [1.29, 1.82) is 0 Å². The largest absolute Gasteiger partial charge is 0.377 e. The molecule has 3 rings (SSSR count). The molecule has 1 aromatic heterocycles. The minimum Gasteiger partial charge on any atom is -0.377 e. The zero-order valence-electron chi connectivity index (χ0n) is 18.7. The Morgan fingerprint density at radius 1 is 1.26 bits per heavy atom. The van der Waals surface area contributed by atoms with E-state index >= 15 is 0 Å². The van der Waals surface area contributed by atoms with Crippen molar-refractivity contribution in [3.05, 3.63) is 46.2 Å². The minimum absolute atomic E-state index is 0.00567. The summed E-state index contributed by atoms with van der Waals surface area (Å²) in [6, 6.07) is 9.35. The number of amides is 3. The summed E-state index contributed by atoms with van der Waals surface area (Å²) in [7, 11) is 3.95. The summed E-state index contributed by atoms with van der Waals surface area (Å²) in [5, 5.41) is 7.64. The maximum absolute atomic E-state index is 13.3. The first-order chi connectivity index (χ1) is 14.8. The summed E-state index contributed by atoms with van der Waals surface area (Å²) in [6.07, 6.45) is 2.05. The first-order valence-corrected chi connectivity index (χ1v) is 11.5. The highest BCUT2D eigenvalue weighted by molar-refractivity contribution is 7.12. The maximum atomic E-state index is 13.3. The number of carbonyl (C=O) groups is 2. The van der Waals surface area contributed by atoms with Crippen LogP contribution in [0.1, 0.15) is 41.9 Å². The SMILES string of the molecule is CC(C)NC(=O)Nc1ccc(N(C)C)c(CN(CC2CCCO2)C(=O)c2cccs2)c1. The molecule has 0 spiro atoms. The van der Waals surface area contributed by atoms with Crippen LogP contribution in [-0.4, -0.2) is 56.2 Å². The van der Waals surface area contributed by atoms with Gasteiger partial charge in [0.2, 0.25) is 0 Å². The molecule has 2 heterocycles. The Labute approximate surface area is 188 Å². The normalized spacial score (nSPS) is 15.7. The predicted octanol–water partition coefficient (Wildman–Crippen LogP) is 4.17. The lowest BCUT2D eigenvalue weighted by Gasteiger charge is -2.28. The van der Waals surface area contributed by atoms with E-state index in [-0.39, 0.29) is 24.1 Å². The van der Waals surface area contributed by atoms with Crippen LogP contribution in [0, 0.1) is 0 Å². The molecule has 0 radical (unpaired) electrons. The van der Waals surface area contributed by atoms with Crippen LogP contribution in [0.3, 0.4) is 0 Å². The highest BCUT2D eigenvalue weighted by Crippen LogP contribution is 2.27. The number of urea groups is 1. The summed E-state index contributed by atoms with van der Waals surface area (Å²) in [5.41, 5.74) is 2.67. The lowest BCUT2D eigenvalue weighted by atomic mass is 10.1. The summed E-state index contributed by atoms with van der Waals surface area (Å²) >= 11 is 1.45. The molecule has 1 fully saturated rings. The van der Waals surface area contributed by atoms with Gasteiger partial charge < -0.3 is 25.2 Å². The van der Waals surface area contributed by atoms with Gasteiger partial charge in [-0.3, -0.25) is 4.79 Å². The number of hydrogen-bond donors (Lipinski definition) is 2. The third-order valence-corrected chi connectivity index (χ3v) is 5.93. The van der Waals surface area contributed by atoms with Crippen molar-refractivity contribution in [2.24, 2.45) is 0 Å². The molecule has 8 heteroatoms. The number of benzene rings is 1. The standard InChI is InChI=1S/C23H32N4O3S/c1-16(2)24-23(29)25-18-9-10-20(26(3)4)17(13-18)14-27(15-19-7-5-11-30-19)22(28)21-8-6-12-31-21/h6,8-10,12-13,16,19H,5,7,11,14-15H2,1-4H3,(H2,24,25,29). The minimum atomic E-state index is -0.246. The molecule has 1 saturated heterocycles. The summed E-state index contributed by atoms with van der Waals surface area (Å²) < 4.78 is 5.81. The van der Waals surface area contributed by atoms with Gasteiger partial charge in [0, 0.05) is 51.2 Å². The molecule has 168 valence electrons. The fourth-order valence-electron chi connectivity index (χ4n) is 3.67. The molecular weight excluding hydrogens is 412 g/mol. The Balaban J connectivity index is 1.85. The van der Waals surface area contributed by atoms with Gasteiger partial charge in [-0.1, -0.05) is 6.07 Å². The number of nitrogens with zero attached hydrogens (tertiary/aromatic N) is 2. The second-order valence-electron chi connectivity index (χ2n) is 8.29. The molecule has 0 bridgehead atoms. The first kappa shape index (κ1) is 23.1. The third-order valence-electron chi connectivity index (χ3n) is 5.07. The van der Waals surface area contributed by atoms with E-state index in [9.17, 15) is 9.59 Å². The number of nitrogens with one attached hydrogen (secondary N) is 2. The van der Waals surface area contributed by atoms with Crippen LogP contribution in [0.5, 0.6) is 0 Å². The molecular formula is C23H32N4O3S. The van der Waals surface area contributed by atoms with Crippen molar-refractivity contribution in [3.63, 3.8) is 0 Å². The van der Waals surface area contributed by atoms with Crippen molar-refractivity contribution >= 4 is 34.6 Å². The van der Waals surface area contributed by atoms with Crippen LogP contribution in [0.15, 0.2) is 35.7 Å². The summed E-state index contributed by atoms with van der Waals surface area (Å²) in [4.78, 5) is 30.0. The van der Waals surface area contributed by atoms with E-state index in [0.717, 1.165) is 35.6 Å². The molecule has 3 amide bonds. The lowest BCUT2D eigenvalue weighted by molar-refractivity contribution is 0.0511. The van der Waals surface area contributed by atoms with E-state index < -0.39 is 0 Å². The highest BCUT2D eigenvalue weighted by Gasteiger charge is 2.25. The summed E-state index contributed by atoms with van der Waals surface area (Å²) in [6.45, 7) is 5.57. The lowest BCUT2D eigenvalue weighted by Crippen LogP contribution is -2.37. The average molecular weight is 445 g/mol. The quantitative estimate of drug-likeness (QED) is 0.641.